The second-order valence-electron chi connectivity index (χ2n) is 6.66. The molecule has 0 radical (unpaired) electrons. The predicted molar refractivity (Wildman–Crippen MR) is 116 cm³/mol. The number of hydrogen-bond acceptors (Lipinski definition) is 3. The van der Waals surface area contributed by atoms with Crippen LogP contribution in [0.4, 0.5) is 0 Å². The van der Waals surface area contributed by atoms with Gasteiger partial charge >= 0.3 is 0 Å². The Kier molecular flexibility index (Phi) is 11.1. The van der Waals surface area contributed by atoms with E-state index in [0.717, 1.165) is 30.8 Å². The highest BCUT2D eigenvalue weighted by Gasteiger charge is 2.16. The predicted octanol–water partition coefficient (Wildman–Crippen LogP) is 2.75. The van der Waals surface area contributed by atoms with E-state index in [-0.39, 0.29) is 24.0 Å². The number of guanidine groups is 1. The molecule has 25 heavy (non-hydrogen) atoms. The standard InChI is InChI=1S/C18H34N6.HI/c1-4-19-18(21-15-17-10-12-22-23(17)3)20-11-6-8-14-24-13-7-5-9-16(24)2;/h10,12,16H,4-9,11,13-15H2,1-3H3,(H2,19,20,21);1H. The molecule has 0 amide bonds. The van der Waals surface area contributed by atoms with Crippen LogP contribution in [-0.4, -0.2) is 52.9 Å². The Hall–Kier alpha value is -0.830. The SMILES string of the molecule is CCNC(=NCc1ccnn1C)NCCCCN1CCCCC1C.I. The zero-order valence-corrected chi connectivity index (χ0v) is 18.3. The number of halogens is 1. The Bertz CT molecular complexity index is 502. The number of nitrogens with zero attached hydrogens (tertiary/aromatic N) is 4. The number of unbranched alkanes of at least 4 members (excludes halogenated alkanes) is 1. The van der Waals surface area contributed by atoms with Gasteiger partial charge in [0.05, 0.1) is 12.2 Å². The van der Waals surface area contributed by atoms with Crippen molar-refractivity contribution < 1.29 is 0 Å². The minimum Gasteiger partial charge on any atom is -0.357 e. The molecule has 144 valence electrons. The van der Waals surface area contributed by atoms with E-state index in [1.54, 1.807) is 0 Å². The van der Waals surface area contributed by atoms with Crippen molar-refractivity contribution in [3.63, 3.8) is 0 Å². The molecule has 2 N–H and O–H groups in total. The maximum atomic E-state index is 4.64. The van der Waals surface area contributed by atoms with E-state index in [1.807, 2.05) is 24.0 Å². The van der Waals surface area contributed by atoms with Gasteiger partial charge in [-0.15, -0.1) is 24.0 Å². The Labute approximate surface area is 169 Å². The van der Waals surface area contributed by atoms with Crippen molar-refractivity contribution in [2.45, 2.75) is 58.5 Å². The highest BCUT2D eigenvalue weighted by atomic mass is 127. The van der Waals surface area contributed by atoms with Crippen molar-refractivity contribution in [2.75, 3.05) is 26.2 Å². The Morgan fingerprint density at radius 3 is 2.84 bits per heavy atom. The van der Waals surface area contributed by atoms with E-state index in [1.165, 1.54) is 45.2 Å². The Balaban J connectivity index is 0.00000312. The summed E-state index contributed by atoms with van der Waals surface area (Å²) in [5, 5.41) is 10.9. The third-order valence-electron chi connectivity index (χ3n) is 4.77. The molecule has 1 aromatic rings. The molecule has 1 aliphatic heterocycles. The molecule has 1 atom stereocenters. The van der Waals surface area contributed by atoms with Crippen molar-refractivity contribution in [2.24, 2.45) is 12.0 Å². The quantitative estimate of drug-likeness (QED) is 0.270. The average molecular weight is 462 g/mol. The fourth-order valence-corrected chi connectivity index (χ4v) is 3.19. The number of piperidine rings is 1. The maximum Gasteiger partial charge on any atom is 0.191 e. The van der Waals surface area contributed by atoms with E-state index in [0.29, 0.717) is 6.54 Å². The van der Waals surface area contributed by atoms with Crippen LogP contribution in [0.15, 0.2) is 17.3 Å². The van der Waals surface area contributed by atoms with Crippen LogP contribution < -0.4 is 10.6 Å². The first-order valence-corrected chi connectivity index (χ1v) is 9.43. The number of rotatable bonds is 8. The second-order valence-corrected chi connectivity index (χ2v) is 6.66. The second kappa shape index (κ2) is 12.5. The topological polar surface area (TPSA) is 57.5 Å². The molecular weight excluding hydrogens is 427 g/mol. The zero-order chi connectivity index (χ0) is 17.2. The summed E-state index contributed by atoms with van der Waals surface area (Å²) < 4.78 is 1.87. The lowest BCUT2D eigenvalue weighted by Gasteiger charge is -2.33. The highest BCUT2D eigenvalue weighted by molar-refractivity contribution is 14.0. The summed E-state index contributed by atoms with van der Waals surface area (Å²) in [4.78, 5) is 7.28. The van der Waals surface area contributed by atoms with Crippen molar-refractivity contribution >= 4 is 29.9 Å². The van der Waals surface area contributed by atoms with Crippen LogP contribution in [0.2, 0.25) is 0 Å². The monoisotopic (exact) mass is 462 g/mol. The molecule has 1 aliphatic rings. The molecule has 2 rings (SSSR count). The molecular formula is C18H35IN6. The summed E-state index contributed by atoms with van der Waals surface area (Å²) in [5.74, 6) is 0.894. The van der Waals surface area contributed by atoms with Gasteiger partial charge in [-0.3, -0.25) is 4.68 Å². The largest absolute Gasteiger partial charge is 0.357 e. The number of hydrogen-bond donors (Lipinski definition) is 2. The summed E-state index contributed by atoms with van der Waals surface area (Å²) in [5.41, 5.74) is 1.12. The molecule has 1 saturated heterocycles. The molecule has 1 unspecified atom stereocenters. The molecule has 1 fully saturated rings. The van der Waals surface area contributed by atoms with Crippen molar-refractivity contribution in [3.05, 3.63) is 18.0 Å². The first-order valence-electron chi connectivity index (χ1n) is 9.43. The van der Waals surface area contributed by atoms with Crippen molar-refractivity contribution in [1.82, 2.24) is 25.3 Å². The first-order chi connectivity index (χ1) is 11.7. The fraction of sp³-hybridized carbons (Fsp3) is 0.778. The molecule has 0 aromatic carbocycles. The van der Waals surface area contributed by atoms with Crippen molar-refractivity contribution in [1.29, 1.82) is 0 Å². The van der Waals surface area contributed by atoms with Gasteiger partial charge in [0.25, 0.3) is 0 Å². The van der Waals surface area contributed by atoms with Crippen LogP contribution in [0.25, 0.3) is 0 Å². The number of aliphatic imine (C=N–C) groups is 1. The van der Waals surface area contributed by atoms with Crippen LogP contribution in [0, 0.1) is 0 Å². The van der Waals surface area contributed by atoms with Gasteiger partial charge in [0.1, 0.15) is 0 Å². The number of nitrogens with one attached hydrogen (secondary N) is 2. The Morgan fingerprint density at radius 2 is 2.16 bits per heavy atom. The minimum atomic E-state index is 0. The minimum absolute atomic E-state index is 0. The highest BCUT2D eigenvalue weighted by Crippen LogP contribution is 2.16. The molecule has 1 aromatic heterocycles. The smallest absolute Gasteiger partial charge is 0.191 e. The van der Waals surface area contributed by atoms with Gasteiger partial charge in [-0.1, -0.05) is 6.42 Å². The lowest BCUT2D eigenvalue weighted by Crippen LogP contribution is -2.39. The molecule has 0 saturated carbocycles. The lowest BCUT2D eigenvalue weighted by molar-refractivity contribution is 0.158. The van der Waals surface area contributed by atoms with Crippen molar-refractivity contribution in [3.8, 4) is 0 Å². The fourth-order valence-electron chi connectivity index (χ4n) is 3.19. The third kappa shape index (κ3) is 7.94. The van der Waals surface area contributed by atoms with Crippen LogP contribution in [0.3, 0.4) is 0 Å². The molecule has 0 aliphatic carbocycles. The van der Waals surface area contributed by atoms with E-state index in [4.69, 9.17) is 0 Å². The maximum absolute atomic E-state index is 4.64. The molecule has 2 heterocycles. The summed E-state index contributed by atoms with van der Waals surface area (Å²) >= 11 is 0. The molecule has 7 heteroatoms. The molecule has 6 nitrogen and oxygen atoms in total. The number of aromatic nitrogens is 2. The van der Waals surface area contributed by atoms with Gasteiger partial charge in [0.15, 0.2) is 5.96 Å². The zero-order valence-electron chi connectivity index (χ0n) is 16.0. The molecule has 0 bridgehead atoms. The van der Waals surface area contributed by atoms with E-state index in [2.05, 4.69) is 39.5 Å². The van der Waals surface area contributed by atoms with Gasteiger partial charge in [-0.2, -0.15) is 5.10 Å². The van der Waals surface area contributed by atoms with Gasteiger partial charge in [0, 0.05) is 32.4 Å². The number of likely N-dealkylation sites (tertiary alicyclic amines) is 1. The summed E-state index contributed by atoms with van der Waals surface area (Å²) in [6, 6.07) is 2.77. The Morgan fingerprint density at radius 1 is 1.32 bits per heavy atom. The van der Waals surface area contributed by atoms with Crippen LogP contribution in [0.1, 0.15) is 51.6 Å². The number of aryl methyl sites for hydroxylation is 1. The summed E-state index contributed by atoms with van der Waals surface area (Å²) in [7, 11) is 1.95. The third-order valence-corrected chi connectivity index (χ3v) is 4.77. The first kappa shape index (κ1) is 22.2. The van der Waals surface area contributed by atoms with Crippen LogP contribution in [-0.2, 0) is 13.6 Å². The van der Waals surface area contributed by atoms with E-state index >= 15 is 0 Å². The molecule has 0 spiro atoms. The van der Waals surface area contributed by atoms with Gasteiger partial charge < -0.3 is 15.5 Å². The van der Waals surface area contributed by atoms with Gasteiger partial charge in [0.2, 0.25) is 0 Å². The van der Waals surface area contributed by atoms with E-state index < -0.39 is 0 Å². The van der Waals surface area contributed by atoms with Gasteiger partial charge in [-0.05, 0) is 58.7 Å². The average Bonchev–Trinajstić information content (AvgIpc) is 2.99. The van der Waals surface area contributed by atoms with Crippen LogP contribution in [0.5, 0.6) is 0 Å². The lowest BCUT2D eigenvalue weighted by atomic mass is 10.0. The van der Waals surface area contributed by atoms with E-state index in [9.17, 15) is 0 Å². The summed E-state index contributed by atoms with van der Waals surface area (Å²) in [6.45, 7) is 9.47. The normalized spacial score (nSPS) is 18.7. The summed E-state index contributed by atoms with van der Waals surface area (Å²) in [6.07, 6.45) is 8.38. The van der Waals surface area contributed by atoms with Crippen LogP contribution >= 0.6 is 24.0 Å². The van der Waals surface area contributed by atoms with Gasteiger partial charge in [-0.25, -0.2) is 4.99 Å².